The minimum absolute atomic E-state index is 0.117. The molecular formula is C16H20FN3O. The fraction of sp³-hybridized carbons (Fsp3) is 0.375. The molecule has 1 aromatic heterocycles. The second-order valence-electron chi connectivity index (χ2n) is 5.35. The van der Waals surface area contributed by atoms with Crippen molar-refractivity contribution < 1.29 is 9.18 Å². The van der Waals surface area contributed by atoms with Crippen molar-refractivity contribution in [3.8, 4) is 5.69 Å². The summed E-state index contributed by atoms with van der Waals surface area (Å²) in [5, 5.41) is 7.16. The Kier molecular flexibility index (Phi) is 4.73. The molecule has 0 bridgehead atoms. The first-order valence-electron chi connectivity index (χ1n) is 7.14. The number of carbonyl (C=O) groups is 1. The molecule has 4 nitrogen and oxygen atoms in total. The number of hydrogen-bond acceptors (Lipinski definition) is 2. The van der Waals surface area contributed by atoms with E-state index in [1.807, 2.05) is 20.8 Å². The number of aromatic nitrogens is 2. The van der Waals surface area contributed by atoms with Gasteiger partial charge < -0.3 is 5.32 Å². The van der Waals surface area contributed by atoms with E-state index in [2.05, 4.69) is 10.4 Å². The van der Waals surface area contributed by atoms with E-state index in [1.54, 1.807) is 23.0 Å². The summed E-state index contributed by atoms with van der Waals surface area (Å²) in [6.07, 6.45) is 2.24. The zero-order valence-electron chi connectivity index (χ0n) is 12.6. The maximum Gasteiger partial charge on any atom is 0.254 e. The Morgan fingerprint density at radius 2 is 2.00 bits per heavy atom. The Morgan fingerprint density at radius 1 is 1.33 bits per heavy atom. The van der Waals surface area contributed by atoms with Gasteiger partial charge in [0.05, 0.1) is 23.1 Å². The highest BCUT2D eigenvalue weighted by Crippen LogP contribution is 2.16. The van der Waals surface area contributed by atoms with Crippen molar-refractivity contribution in [3.63, 3.8) is 0 Å². The Labute approximate surface area is 124 Å². The van der Waals surface area contributed by atoms with Crippen LogP contribution in [-0.2, 0) is 6.42 Å². The van der Waals surface area contributed by atoms with E-state index in [0.29, 0.717) is 24.4 Å². The summed E-state index contributed by atoms with van der Waals surface area (Å²) >= 11 is 0. The number of amides is 1. The summed E-state index contributed by atoms with van der Waals surface area (Å²) in [5.74, 6) is -0.0149. The number of halogens is 1. The molecule has 0 saturated heterocycles. The van der Waals surface area contributed by atoms with E-state index in [0.717, 1.165) is 11.4 Å². The average Bonchev–Trinajstić information content (AvgIpc) is 2.89. The minimum Gasteiger partial charge on any atom is -0.352 e. The summed E-state index contributed by atoms with van der Waals surface area (Å²) in [4.78, 5) is 12.2. The molecule has 5 heteroatoms. The molecule has 1 heterocycles. The summed E-state index contributed by atoms with van der Waals surface area (Å²) in [6, 6.07) is 6.07. The monoisotopic (exact) mass is 289 g/mol. The second kappa shape index (κ2) is 6.52. The summed E-state index contributed by atoms with van der Waals surface area (Å²) < 4.78 is 14.7. The quantitative estimate of drug-likeness (QED) is 0.920. The zero-order valence-corrected chi connectivity index (χ0v) is 12.6. The Bertz CT molecular complexity index is 617. The Balaban J connectivity index is 2.29. The second-order valence-corrected chi connectivity index (χ2v) is 5.35. The lowest BCUT2D eigenvalue weighted by atomic mass is 10.1. The van der Waals surface area contributed by atoms with Gasteiger partial charge in [-0.1, -0.05) is 20.8 Å². The van der Waals surface area contributed by atoms with E-state index in [4.69, 9.17) is 0 Å². The summed E-state index contributed by atoms with van der Waals surface area (Å²) in [7, 11) is 0. The first-order chi connectivity index (χ1) is 10.0. The highest BCUT2D eigenvalue weighted by molar-refractivity contribution is 5.95. The maximum absolute atomic E-state index is 13.0. The van der Waals surface area contributed by atoms with E-state index in [9.17, 15) is 9.18 Å². The van der Waals surface area contributed by atoms with Crippen LogP contribution in [0.2, 0.25) is 0 Å². The van der Waals surface area contributed by atoms with Crippen LogP contribution in [0.25, 0.3) is 5.69 Å². The first kappa shape index (κ1) is 15.2. The SMILES string of the molecule is CCc1c(C(=O)NCC(C)C)cnn1-c1ccc(F)cc1. The third-order valence-corrected chi connectivity index (χ3v) is 3.19. The number of nitrogens with one attached hydrogen (secondary N) is 1. The standard InChI is InChI=1S/C16H20FN3O/c1-4-15-14(16(21)18-9-11(2)3)10-19-20(15)13-7-5-12(17)6-8-13/h5-8,10-11H,4,9H2,1-3H3,(H,18,21). The minimum atomic E-state index is -0.293. The highest BCUT2D eigenvalue weighted by Gasteiger charge is 2.17. The largest absolute Gasteiger partial charge is 0.352 e. The predicted octanol–water partition coefficient (Wildman–Crippen LogP) is 2.96. The zero-order chi connectivity index (χ0) is 15.4. The third-order valence-electron chi connectivity index (χ3n) is 3.19. The lowest BCUT2D eigenvalue weighted by Gasteiger charge is -2.09. The molecule has 1 amide bonds. The summed E-state index contributed by atoms with van der Waals surface area (Å²) in [6.45, 7) is 6.69. The molecule has 21 heavy (non-hydrogen) atoms. The smallest absolute Gasteiger partial charge is 0.254 e. The topological polar surface area (TPSA) is 46.9 Å². The molecule has 1 aromatic carbocycles. The molecule has 112 valence electrons. The van der Waals surface area contributed by atoms with Crippen molar-refractivity contribution in [2.24, 2.45) is 5.92 Å². The molecule has 2 rings (SSSR count). The van der Waals surface area contributed by atoms with Crippen LogP contribution in [0, 0.1) is 11.7 Å². The molecular weight excluding hydrogens is 269 g/mol. The summed E-state index contributed by atoms with van der Waals surface area (Å²) in [5.41, 5.74) is 2.14. The van der Waals surface area contributed by atoms with Crippen LogP contribution < -0.4 is 5.32 Å². The third kappa shape index (κ3) is 3.48. The van der Waals surface area contributed by atoms with Gasteiger partial charge in [-0.3, -0.25) is 4.79 Å². The fourth-order valence-corrected chi connectivity index (χ4v) is 2.10. The molecule has 0 aliphatic carbocycles. The van der Waals surface area contributed by atoms with Gasteiger partial charge in [0.15, 0.2) is 0 Å². The number of hydrogen-bond donors (Lipinski definition) is 1. The molecule has 0 radical (unpaired) electrons. The van der Waals surface area contributed by atoms with Gasteiger partial charge in [0.1, 0.15) is 5.82 Å². The first-order valence-corrected chi connectivity index (χ1v) is 7.14. The molecule has 0 spiro atoms. The van der Waals surface area contributed by atoms with E-state index in [1.165, 1.54) is 12.1 Å². The number of carbonyl (C=O) groups excluding carboxylic acids is 1. The van der Waals surface area contributed by atoms with Crippen LogP contribution in [0.1, 0.15) is 36.8 Å². The molecule has 1 N–H and O–H groups in total. The van der Waals surface area contributed by atoms with E-state index in [-0.39, 0.29) is 11.7 Å². The molecule has 0 saturated carbocycles. The number of rotatable bonds is 5. The number of nitrogens with zero attached hydrogens (tertiary/aromatic N) is 2. The Hall–Kier alpha value is -2.17. The van der Waals surface area contributed by atoms with Crippen LogP contribution in [0.3, 0.4) is 0 Å². The molecule has 0 unspecified atom stereocenters. The Morgan fingerprint density at radius 3 is 2.57 bits per heavy atom. The van der Waals surface area contributed by atoms with Gasteiger partial charge in [0.25, 0.3) is 5.91 Å². The molecule has 0 aliphatic rings. The van der Waals surface area contributed by atoms with Crippen molar-refractivity contribution in [1.82, 2.24) is 15.1 Å². The van der Waals surface area contributed by atoms with Crippen LogP contribution in [-0.4, -0.2) is 22.2 Å². The van der Waals surface area contributed by atoms with E-state index >= 15 is 0 Å². The normalized spacial score (nSPS) is 10.9. The van der Waals surface area contributed by atoms with Gasteiger partial charge >= 0.3 is 0 Å². The molecule has 0 aliphatic heterocycles. The fourth-order valence-electron chi connectivity index (χ4n) is 2.10. The number of benzene rings is 1. The van der Waals surface area contributed by atoms with Gasteiger partial charge in [0.2, 0.25) is 0 Å². The van der Waals surface area contributed by atoms with E-state index < -0.39 is 0 Å². The highest BCUT2D eigenvalue weighted by atomic mass is 19.1. The van der Waals surface area contributed by atoms with Gasteiger partial charge in [-0.15, -0.1) is 0 Å². The maximum atomic E-state index is 13.0. The average molecular weight is 289 g/mol. The van der Waals surface area contributed by atoms with Crippen molar-refractivity contribution in [2.45, 2.75) is 27.2 Å². The van der Waals surface area contributed by atoms with Crippen LogP contribution >= 0.6 is 0 Å². The lowest BCUT2D eigenvalue weighted by molar-refractivity contribution is 0.0948. The van der Waals surface area contributed by atoms with Crippen molar-refractivity contribution in [2.75, 3.05) is 6.54 Å². The van der Waals surface area contributed by atoms with Gasteiger partial charge in [-0.25, -0.2) is 9.07 Å². The van der Waals surface area contributed by atoms with Crippen molar-refractivity contribution in [1.29, 1.82) is 0 Å². The predicted molar refractivity (Wildman–Crippen MR) is 80.1 cm³/mol. The lowest BCUT2D eigenvalue weighted by Crippen LogP contribution is -2.28. The van der Waals surface area contributed by atoms with Gasteiger partial charge in [-0.05, 0) is 36.6 Å². The van der Waals surface area contributed by atoms with Crippen molar-refractivity contribution in [3.05, 3.63) is 47.5 Å². The van der Waals surface area contributed by atoms with Gasteiger partial charge in [-0.2, -0.15) is 5.10 Å². The molecule has 2 aromatic rings. The van der Waals surface area contributed by atoms with Crippen LogP contribution in [0.5, 0.6) is 0 Å². The van der Waals surface area contributed by atoms with Crippen LogP contribution in [0.15, 0.2) is 30.5 Å². The molecule has 0 atom stereocenters. The van der Waals surface area contributed by atoms with Gasteiger partial charge in [0, 0.05) is 6.54 Å². The molecule has 0 fully saturated rings. The van der Waals surface area contributed by atoms with Crippen LogP contribution in [0.4, 0.5) is 4.39 Å². The van der Waals surface area contributed by atoms with Crippen molar-refractivity contribution >= 4 is 5.91 Å².